The molecule has 0 saturated heterocycles. The average Bonchev–Trinajstić information content (AvgIpc) is 3.00. The molecule has 5 rings (SSSR count). The third-order valence-corrected chi connectivity index (χ3v) is 7.93. The zero-order valence-corrected chi connectivity index (χ0v) is 24.2. The average molecular weight is 570 g/mol. The zero-order chi connectivity index (χ0) is 29.8. The molecule has 0 amide bonds. The number of benzene rings is 3. The van der Waals surface area contributed by atoms with Gasteiger partial charge in [-0.05, 0) is 60.2 Å². The molecule has 2 atom stereocenters. The molecule has 3 aromatic carbocycles. The summed E-state index contributed by atoms with van der Waals surface area (Å²) in [6, 6.07) is 20.4. The van der Waals surface area contributed by atoms with Gasteiger partial charge in [-0.25, -0.2) is 4.79 Å². The van der Waals surface area contributed by atoms with E-state index in [2.05, 4.69) is 5.32 Å². The van der Waals surface area contributed by atoms with Crippen LogP contribution in [-0.2, 0) is 20.7 Å². The first-order valence-corrected chi connectivity index (χ1v) is 13.9. The van der Waals surface area contributed by atoms with Crippen LogP contribution in [0.3, 0.4) is 0 Å². The molecule has 2 aliphatic rings. The van der Waals surface area contributed by atoms with Crippen molar-refractivity contribution in [1.82, 2.24) is 5.32 Å². The van der Waals surface area contributed by atoms with E-state index in [1.54, 1.807) is 26.4 Å². The van der Waals surface area contributed by atoms with Crippen LogP contribution in [0, 0.1) is 0 Å². The molecular weight excluding hydrogens is 534 g/mol. The molecule has 2 N–H and O–H groups in total. The van der Waals surface area contributed by atoms with Crippen LogP contribution in [0.25, 0.3) is 0 Å². The Bertz CT molecular complexity index is 1560. The monoisotopic (exact) mass is 569 g/mol. The quantitative estimate of drug-likeness (QED) is 0.323. The number of methoxy groups -OCH3 is 3. The molecule has 1 aliphatic heterocycles. The number of dihydropyridines is 1. The highest BCUT2D eigenvalue weighted by molar-refractivity contribution is 6.04. The number of esters is 1. The Morgan fingerprint density at radius 1 is 0.881 bits per heavy atom. The summed E-state index contributed by atoms with van der Waals surface area (Å²) in [6.45, 7) is 2.03. The SMILES string of the molecule is COc1cc(C2C(C(=O)OCCc3ccccc3)=C(C)NC3=C2C(=O)CC(c2ccc(OC)c(OC)c2)C3)ccc1O. The Morgan fingerprint density at radius 2 is 1.57 bits per heavy atom. The van der Waals surface area contributed by atoms with E-state index >= 15 is 0 Å². The lowest BCUT2D eigenvalue weighted by atomic mass is 9.71. The van der Waals surface area contributed by atoms with E-state index < -0.39 is 11.9 Å². The fourth-order valence-corrected chi connectivity index (χ4v) is 5.84. The van der Waals surface area contributed by atoms with Gasteiger partial charge in [0.1, 0.15) is 0 Å². The van der Waals surface area contributed by atoms with Crippen LogP contribution in [0.15, 0.2) is 89.3 Å². The largest absolute Gasteiger partial charge is 0.504 e. The summed E-state index contributed by atoms with van der Waals surface area (Å²) < 4.78 is 22.0. The number of ketones is 1. The first-order valence-electron chi connectivity index (χ1n) is 13.9. The van der Waals surface area contributed by atoms with Crippen molar-refractivity contribution < 1.29 is 33.6 Å². The Balaban J connectivity index is 1.50. The number of nitrogens with one attached hydrogen (secondary N) is 1. The fraction of sp³-hybridized carbons (Fsp3) is 0.294. The lowest BCUT2D eigenvalue weighted by Crippen LogP contribution is -2.36. The van der Waals surface area contributed by atoms with Crippen LogP contribution in [0.4, 0.5) is 0 Å². The number of phenolic OH excluding ortho intramolecular Hbond substituents is 1. The standard InChI is InChI=1S/C34H35NO7/c1-20-31(34(38)42-15-14-21-8-6-5-7-9-21)32(23-10-12-26(36)29(19-23)40-3)33-25(35-20)16-24(17-27(33)37)22-11-13-28(39-2)30(18-22)41-4/h5-13,18-19,24,32,35-36H,14-17H2,1-4H3. The van der Waals surface area contributed by atoms with Crippen molar-refractivity contribution >= 4 is 11.8 Å². The number of ether oxygens (including phenoxy) is 4. The molecule has 8 nitrogen and oxygen atoms in total. The Kier molecular flexibility index (Phi) is 8.52. The summed E-state index contributed by atoms with van der Waals surface area (Å²) in [4.78, 5) is 27.6. The van der Waals surface area contributed by atoms with Crippen LogP contribution in [0.1, 0.15) is 48.3 Å². The molecule has 2 unspecified atom stereocenters. The van der Waals surface area contributed by atoms with E-state index in [9.17, 15) is 14.7 Å². The van der Waals surface area contributed by atoms with Crippen LogP contribution < -0.4 is 19.5 Å². The minimum atomic E-state index is -0.682. The Morgan fingerprint density at radius 3 is 2.29 bits per heavy atom. The molecule has 0 fully saturated rings. The summed E-state index contributed by atoms with van der Waals surface area (Å²) in [5, 5.41) is 13.7. The van der Waals surface area contributed by atoms with Crippen LogP contribution in [0.2, 0.25) is 0 Å². The third kappa shape index (κ3) is 5.70. The van der Waals surface area contributed by atoms with Gasteiger partial charge >= 0.3 is 5.97 Å². The fourth-order valence-electron chi connectivity index (χ4n) is 5.84. The molecule has 218 valence electrons. The van der Waals surface area contributed by atoms with Crippen molar-refractivity contribution in [2.75, 3.05) is 27.9 Å². The second-order valence-electron chi connectivity index (χ2n) is 10.4. The molecule has 0 radical (unpaired) electrons. The minimum Gasteiger partial charge on any atom is -0.504 e. The van der Waals surface area contributed by atoms with Gasteiger partial charge in [0, 0.05) is 35.7 Å². The van der Waals surface area contributed by atoms with E-state index in [1.807, 2.05) is 55.5 Å². The maximum absolute atomic E-state index is 14.0. The van der Waals surface area contributed by atoms with E-state index in [4.69, 9.17) is 18.9 Å². The van der Waals surface area contributed by atoms with Gasteiger partial charge in [-0.1, -0.05) is 42.5 Å². The molecule has 1 heterocycles. The predicted molar refractivity (Wildman–Crippen MR) is 158 cm³/mol. The van der Waals surface area contributed by atoms with Gasteiger partial charge in [-0.15, -0.1) is 0 Å². The highest BCUT2D eigenvalue weighted by atomic mass is 16.5. The molecule has 0 bridgehead atoms. The topological polar surface area (TPSA) is 103 Å². The summed E-state index contributed by atoms with van der Waals surface area (Å²) in [6.07, 6.45) is 1.40. The van der Waals surface area contributed by atoms with Crippen LogP contribution >= 0.6 is 0 Å². The maximum atomic E-state index is 14.0. The summed E-state index contributed by atoms with van der Waals surface area (Å²) in [5.74, 6) is 0.121. The molecule has 0 spiro atoms. The van der Waals surface area contributed by atoms with Crippen molar-refractivity contribution in [2.45, 2.75) is 38.0 Å². The van der Waals surface area contributed by atoms with Gasteiger partial charge in [0.2, 0.25) is 0 Å². The van der Waals surface area contributed by atoms with E-state index in [0.717, 1.165) is 16.8 Å². The Labute approximate surface area is 245 Å². The summed E-state index contributed by atoms with van der Waals surface area (Å²) in [7, 11) is 4.63. The van der Waals surface area contributed by atoms with Gasteiger partial charge < -0.3 is 29.4 Å². The molecule has 0 aromatic heterocycles. The zero-order valence-electron chi connectivity index (χ0n) is 24.2. The number of Topliss-reactive ketones (excluding diaryl/α,β-unsaturated/α-hetero) is 1. The van der Waals surface area contributed by atoms with Crippen molar-refractivity contribution in [3.63, 3.8) is 0 Å². The van der Waals surface area contributed by atoms with Crippen LogP contribution in [-0.4, -0.2) is 44.8 Å². The molecule has 8 heteroatoms. The predicted octanol–water partition coefficient (Wildman–Crippen LogP) is 5.57. The number of phenols is 1. The normalized spacial score (nSPS) is 18.2. The molecular formula is C34H35NO7. The van der Waals surface area contributed by atoms with E-state index in [-0.39, 0.29) is 36.2 Å². The summed E-state index contributed by atoms with van der Waals surface area (Å²) >= 11 is 0. The molecule has 42 heavy (non-hydrogen) atoms. The first kappa shape index (κ1) is 28.8. The van der Waals surface area contributed by atoms with Crippen molar-refractivity contribution in [3.8, 4) is 23.0 Å². The van der Waals surface area contributed by atoms with Crippen LogP contribution in [0.5, 0.6) is 23.0 Å². The van der Waals surface area contributed by atoms with Gasteiger partial charge in [-0.3, -0.25) is 4.79 Å². The summed E-state index contributed by atoms with van der Waals surface area (Å²) in [5.41, 5.74) is 4.97. The minimum absolute atomic E-state index is 0.0273. The molecule has 1 aliphatic carbocycles. The van der Waals surface area contributed by atoms with E-state index in [1.165, 1.54) is 13.2 Å². The van der Waals surface area contributed by atoms with E-state index in [0.29, 0.717) is 46.7 Å². The lowest BCUT2D eigenvalue weighted by Gasteiger charge is -2.37. The van der Waals surface area contributed by atoms with Gasteiger partial charge in [0.15, 0.2) is 28.8 Å². The number of carbonyl (C=O) groups excluding carboxylic acids is 2. The number of rotatable bonds is 9. The van der Waals surface area contributed by atoms with Gasteiger partial charge in [-0.2, -0.15) is 0 Å². The number of aromatic hydroxyl groups is 1. The lowest BCUT2D eigenvalue weighted by molar-refractivity contribution is -0.139. The van der Waals surface area contributed by atoms with Gasteiger partial charge in [0.25, 0.3) is 0 Å². The highest BCUT2D eigenvalue weighted by Gasteiger charge is 2.41. The number of allylic oxidation sites excluding steroid dienone is 3. The maximum Gasteiger partial charge on any atom is 0.336 e. The first-order chi connectivity index (χ1) is 20.3. The second-order valence-corrected chi connectivity index (χ2v) is 10.4. The Hall–Kier alpha value is -4.72. The number of hydrogen-bond acceptors (Lipinski definition) is 8. The molecule has 3 aromatic rings. The van der Waals surface area contributed by atoms with Crippen molar-refractivity contribution in [2.24, 2.45) is 0 Å². The number of hydrogen-bond donors (Lipinski definition) is 2. The number of carbonyl (C=O) groups is 2. The van der Waals surface area contributed by atoms with Crippen molar-refractivity contribution in [1.29, 1.82) is 0 Å². The molecule has 0 saturated carbocycles. The second kappa shape index (κ2) is 12.4. The van der Waals surface area contributed by atoms with Crippen molar-refractivity contribution in [3.05, 3.63) is 106 Å². The smallest absolute Gasteiger partial charge is 0.336 e. The van der Waals surface area contributed by atoms with Gasteiger partial charge in [0.05, 0.1) is 33.5 Å². The third-order valence-electron chi connectivity index (χ3n) is 7.93. The highest BCUT2D eigenvalue weighted by Crippen LogP contribution is 2.47.